The van der Waals surface area contributed by atoms with Crippen molar-refractivity contribution in [3.05, 3.63) is 30.3 Å². The second-order valence-corrected chi connectivity index (χ2v) is 7.41. The summed E-state index contributed by atoms with van der Waals surface area (Å²) >= 11 is 0. The van der Waals surface area contributed by atoms with Crippen LogP contribution in [0.5, 0.6) is 0 Å². The maximum Gasteiger partial charge on any atom is 0.317 e. The Morgan fingerprint density at radius 1 is 1.40 bits per heavy atom. The van der Waals surface area contributed by atoms with E-state index < -0.39 is 11.4 Å². The van der Waals surface area contributed by atoms with E-state index in [4.69, 9.17) is 0 Å². The molecule has 1 unspecified atom stereocenters. The number of fused-ring (bicyclic) bond motifs is 1. The fourth-order valence-corrected chi connectivity index (χ4v) is 4.19. The summed E-state index contributed by atoms with van der Waals surface area (Å²) in [6.45, 7) is 3.47. The van der Waals surface area contributed by atoms with Crippen molar-refractivity contribution in [1.29, 1.82) is 0 Å². The minimum absolute atomic E-state index is 0.0974. The predicted molar refractivity (Wildman–Crippen MR) is 96.7 cm³/mol. The lowest BCUT2D eigenvalue weighted by atomic mass is 9.81. The fourth-order valence-electron chi connectivity index (χ4n) is 4.19. The Morgan fingerprint density at radius 2 is 2.12 bits per heavy atom. The second-order valence-electron chi connectivity index (χ2n) is 7.41. The molecule has 1 aromatic carbocycles. The number of nitrogens with one attached hydrogen (secondary N) is 1. The summed E-state index contributed by atoms with van der Waals surface area (Å²) in [5, 5.41) is 12.6. The van der Waals surface area contributed by atoms with E-state index in [1.165, 1.54) is 0 Å². The summed E-state index contributed by atoms with van der Waals surface area (Å²) in [4.78, 5) is 28.0. The second kappa shape index (κ2) is 6.94. The molecule has 0 radical (unpaired) electrons. The molecule has 2 aliphatic rings. The number of para-hydroxylation sites is 1. The minimum Gasteiger partial charge on any atom is -0.481 e. The number of benzene rings is 1. The molecule has 1 saturated carbocycles. The lowest BCUT2D eigenvalue weighted by molar-refractivity contribution is -0.149. The molecular weight excluding hydrogens is 318 g/mol. The monoisotopic (exact) mass is 345 g/mol. The molecule has 3 atom stereocenters. The van der Waals surface area contributed by atoms with Crippen molar-refractivity contribution in [2.24, 2.45) is 11.3 Å². The number of amides is 2. The molecule has 1 aliphatic heterocycles. The van der Waals surface area contributed by atoms with E-state index in [1.54, 1.807) is 4.90 Å². The third kappa shape index (κ3) is 3.30. The van der Waals surface area contributed by atoms with Gasteiger partial charge in [0.1, 0.15) is 0 Å². The zero-order chi connectivity index (χ0) is 18.0. The molecule has 1 aromatic rings. The summed E-state index contributed by atoms with van der Waals surface area (Å²) in [7, 11) is 2.01. The Kier molecular flexibility index (Phi) is 4.88. The number of nitrogens with zero attached hydrogens (tertiary/aromatic N) is 2. The number of urea groups is 1. The molecule has 2 amide bonds. The van der Waals surface area contributed by atoms with Gasteiger partial charge in [0.25, 0.3) is 0 Å². The maximum absolute atomic E-state index is 12.5. The number of carboxylic acids is 1. The first-order valence-electron chi connectivity index (χ1n) is 8.98. The Morgan fingerprint density at radius 3 is 2.76 bits per heavy atom. The van der Waals surface area contributed by atoms with E-state index in [0.29, 0.717) is 26.1 Å². The van der Waals surface area contributed by atoms with Gasteiger partial charge in [0.05, 0.1) is 5.41 Å². The number of rotatable bonds is 5. The molecule has 6 nitrogen and oxygen atoms in total. The molecule has 0 bridgehead atoms. The number of aliphatic carboxylic acids is 1. The van der Waals surface area contributed by atoms with Gasteiger partial charge in [0, 0.05) is 38.4 Å². The summed E-state index contributed by atoms with van der Waals surface area (Å²) < 4.78 is 0. The summed E-state index contributed by atoms with van der Waals surface area (Å²) in [6, 6.07) is 10.0. The van der Waals surface area contributed by atoms with Crippen LogP contribution in [0.2, 0.25) is 0 Å². The number of likely N-dealkylation sites (N-methyl/N-ethyl adjacent to an activating group) is 1. The number of hydrogen-bond donors (Lipinski definition) is 2. The van der Waals surface area contributed by atoms with Crippen molar-refractivity contribution in [2.75, 3.05) is 31.6 Å². The number of likely N-dealkylation sites (tertiary alicyclic amines) is 1. The van der Waals surface area contributed by atoms with Crippen molar-refractivity contribution in [1.82, 2.24) is 10.2 Å². The quantitative estimate of drug-likeness (QED) is 0.859. The van der Waals surface area contributed by atoms with Crippen LogP contribution < -0.4 is 10.2 Å². The standard InChI is InChI=1S/C19H27N3O3/c1-14(21(2)16-8-4-3-5-9-16)11-20-18(25)22-12-15-7-6-10-19(15,13-22)17(23)24/h3-5,8-9,14-15H,6-7,10-13H2,1-2H3,(H,20,25)(H,23,24)/t14?,15-,19+/m0/s1. The molecule has 2 N–H and O–H groups in total. The first kappa shape index (κ1) is 17.6. The highest BCUT2D eigenvalue weighted by Crippen LogP contribution is 2.48. The lowest BCUT2D eigenvalue weighted by Gasteiger charge is -2.28. The number of carbonyl (C=O) groups excluding carboxylic acids is 1. The predicted octanol–water partition coefficient (Wildman–Crippen LogP) is 2.41. The Hall–Kier alpha value is -2.24. The van der Waals surface area contributed by atoms with Gasteiger partial charge in [-0.05, 0) is 37.8 Å². The first-order valence-corrected chi connectivity index (χ1v) is 8.98. The highest BCUT2D eigenvalue weighted by atomic mass is 16.4. The van der Waals surface area contributed by atoms with Crippen LogP contribution in [0.3, 0.4) is 0 Å². The molecule has 1 heterocycles. The molecule has 1 saturated heterocycles. The van der Waals surface area contributed by atoms with E-state index in [2.05, 4.69) is 17.1 Å². The largest absolute Gasteiger partial charge is 0.481 e. The van der Waals surface area contributed by atoms with Crippen LogP contribution in [0.1, 0.15) is 26.2 Å². The maximum atomic E-state index is 12.5. The molecule has 2 fully saturated rings. The summed E-state index contributed by atoms with van der Waals surface area (Å²) in [5.74, 6) is -0.650. The molecular formula is C19H27N3O3. The first-order chi connectivity index (χ1) is 11.9. The average molecular weight is 345 g/mol. The molecule has 25 heavy (non-hydrogen) atoms. The minimum atomic E-state index is -0.748. The van der Waals surface area contributed by atoms with Gasteiger partial charge in [-0.15, -0.1) is 0 Å². The lowest BCUT2D eigenvalue weighted by Crippen LogP contribution is -2.46. The van der Waals surface area contributed by atoms with Crippen LogP contribution >= 0.6 is 0 Å². The van der Waals surface area contributed by atoms with E-state index >= 15 is 0 Å². The van der Waals surface area contributed by atoms with E-state index in [1.807, 2.05) is 37.4 Å². The van der Waals surface area contributed by atoms with Gasteiger partial charge < -0.3 is 20.2 Å². The van der Waals surface area contributed by atoms with Gasteiger partial charge in [0.15, 0.2) is 0 Å². The van der Waals surface area contributed by atoms with Crippen molar-refractivity contribution in [2.45, 2.75) is 32.2 Å². The third-order valence-corrected chi connectivity index (χ3v) is 5.96. The van der Waals surface area contributed by atoms with Gasteiger partial charge in [0.2, 0.25) is 0 Å². The van der Waals surface area contributed by atoms with Crippen LogP contribution in [-0.2, 0) is 4.79 Å². The topological polar surface area (TPSA) is 72.9 Å². The fraction of sp³-hybridized carbons (Fsp3) is 0.579. The highest BCUT2D eigenvalue weighted by Gasteiger charge is 2.55. The normalized spacial score (nSPS) is 26.2. The summed E-state index contributed by atoms with van der Waals surface area (Å²) in [5.41, 5.74) is 0.383. The third-order valence-electron chi connectivity index (χ3n) is 5.96. The SMILES string of the molecule is CC(CNC(=O)N1C[C@@H]2CCC[C@@]2(C(=O)O)C1)N(C)c1ccccc1. The zero-order valence-electron chi connectivity index (χ0n) is 14.9. The van der Waals surface area contributed by atoms with Crippen LogP contribution in [0, 0.1) is 11.3 Å². The average Bonchev–Trinajstić information content (AvgIpc) is 3.18. The molecule has 136 valence electrons. The van der Waals surface area contributed by atoms with Crippen molar-refractivity contribution in [3.63, 3.8) is 0 Å². The van der Waals surface area contributed by atoms with E-state index in [0.717, 1.165) is 18.5 Å². The van der Waals surface area contributed by atoms with Gasteiger partial charge in [-0.2, -0.15) is 0 Å². The Labute approximate surface area is 148 Å². The van der Waals surface area contributed by atoms with Crippen molar-refractivity contribution in [3.8, 4) is 0 Å². The summed E-state index contributed by atoms with van der Waals surface area (Å²) in [6.07, 6.45) is 2.54. The van der Waals surface area contributed by atoms with Crippen LogP contribution in [-0.4, -0.2) is 54.7 Å². The molecule has 0 spiro atoms. The van der Waals surface area contributed by atoms with Crippen molar-refractivity contribution < 1.29 is 14.7 Å². The number of carboxylic acid groups (broad SMARTS) is 1. The smallest absolute Gasteiger partial charge is 0.317 e. The highest BCUT2D eigenvalue weighted by molar-refractivity contribution is 5.80. The van der Waals surface area contributed by atoms with E-state index in [9.17, 15) is 14.7 Å². The van der Waals surface area contributed by atoms with Gasteiger partial charge in [-0.25, -0.2) is 4.79 Å². The number of hydrogen-bond acceptors (Lipinski definition) is 3. The van der Waals surface area contributed by atoms with Gasteiger partial charge in [-0.3, -0.25) is 4.79 Å². The molecule has 6 heteroatoms. The van der Waals surface area contributed by atoms with Crippen LogP contribution in [0.25, 0.3) is 0 Å². The van der Waals surface area contributed by atoms with E-state index in [-0.39, 0.29) is 18.0 Å². The molecule has 3 rings (SSSR count). The molecule has 0 aromatic heterocycles. The Bertz CT molecular complexity index is 636. The van der Waals surface area contributed by atoms with Crippen molar-refractivity contribution >= 4 is 17.7 Å². The number of carbonyl (C=O) groups is 2. The van der Waals surface area contributed by atoms with Crippen LogP contribution in [0.15, 0.2) is 30.3 Å². The molecule has 1 aliphatic carbocycles. The van der Waals surface area contributed by atoms with Crippen LogP contribution in [0.4, 0.5) is 10.5 Å². The Balaban J connectivity index is 1.54. The van der Waals surface area contributed by atoms with Gasteiger partial charge >= 0.3 is 12.0 Å². The number of anilines is 1. The zero-order valence-corrected chi connectivity index (χ0v) is 14.9. The van der Waals surface area contributed by atoms with Gasteiger partial charge in [-0.1, -0.05) is 24.6 Å².